The molecule has 2 rings (SSSR count). The quantitative estimate of drug-likeness (QED) is 0.836. The summed E-state index contributed by atoms with van der Waals surface area (Å²) in [7, 11) is 2.04. The first-order valence-corrected chi connectivity index (χ1v) is 7.57. The molecule has 0 aromatic carbocycles. The van der Waals surface area contributed by atoms with E-state index in [0.29, 0.717) is 17.9 Å². The molecule has 2 fully saturated rings. The van der Waals surface area contributed by atoms with Gasteiger partial charge in [-0.05, 0) is 32.2 Å². The van der Waals surface area contributed by atoms with Crippen molar-refractivity contribution in [2.75, 3.05) is 20.1 Å². The third-order valence-corrected chi connectivity index (χ3v) is 5.14. The van der Waals surface area contributed by atoms with Crippen molar-refractivity contribution >= 4 is 5.91 Å². The summed E-state index contributed by atoms with van der Waals surface area (Å²) in [6.07, 6.45) is 6.91. The second-order valence-corrected chi connectivity index (χ2v) is 6.37. The van der Waals surface area contributed by atoms with Crippen LogP contribution in [0.3, 0.4) is 0 Å². The molecule has 3 heteroatoms. The molecule has 1 saturated heterocycles. The SMILES string of the molecule is CCC1CN(C(=O)C2(C)CCCC2)CCC1NC. The molecule has 1 N–H and O–H groups in total. The Hall–Kier alpha value is -0.570. The Labute approximate surface area is 111 Å². The Morgan fingerprint density at radius 2 is 2.06 bits per heavy atom. The maximum Gasteiger partial charge on any atom is 0.228 e. The fourth-order valence-electron chi connectivity index (χ4n) is 3.76. The number of hydrogen-bond acceptors (Lipinski definition) is 2. The van der Waals surface area contributed by atoms with Gasteiger partial charge < -0.3 is 10.2 Å². The molecule has 2 aliphatic rings. The van der Waals surface area contributed by atoms with Crippen LogP contribution >= 0.6 is 0 Å². The largest absolute Gasteiger partial charge is 0.342 e. The van der Waals surface area contributed by atoms with Crippen molar-refractivity contribution in [3.05, 3.63) is 0 Å². The molecule has 0 radical (unpaired) electrons. The van der Waals surface area contributed by atoms with Crippen molar-refractivity contribution in [2.24, 2.45) is 11.3 Å². The molecule has 1 saturated carbocycles. The predicted molar refractivity (Wildman–Crippen MR) is 74.4 cm³/mol. The van der Waals surface area contributed by atoms with Crippen LogP contribution in [0.2, 0.25) is 0 Å². The second kappa shape index (κ2) is 5.60. The van der Waals surface area contributed by atoms with Gasteiger partial charge >= 0.3 is 0 Å². The molecule has 1 aliphatic carbocycles. The van der Waals surface area contributed by atoms with Crippen molar-refractivity contribution in [3.63, 3.8) is 0 Å². The zero-order chi connectivity index (χ0) is 13.2. The monoisotopic (exact) mass is 252 g/mol. The smallest absolute Gasteiger partial charge is 0.228 e. The molecule has 18 heavy (non-hydrogen) atoms. The van der Waals surface area contributed by atoms with E-state index in [1.165, 1.54) is 12.8 Å². The number of piperidine rings is 1. The molecular formula is C15H28N2O. The summed E-state index contributed by atoms with van der Waals surface area (Å²) >= 11 is 0. The Morgan fingerprint density at radius 1 is 1.39 bits per heavy atom. The summed E-state index contributed by atoms with van der Waals surface area (Å²) < 4.78 is 0. The van der Waals surface area contributed by atoms with Crippen molar-refractivity contribution in [2.45, 2.75) is 58.4 Å². The molecule has 3 nitrogen and oxygen atoms in total. The molecule has 1 amide bonds. The summed E-state index contributed by atoms with van der Waals surface area (Å²) in [5.74, 6) is 1.05. The summed E-state index contributed by atoms with van der Waals surface area (Å²) in [4.78, 5) is 14.8. The number of rotatable bonds is 3. The summed E-state index contributed by atoms with van der Waals surface area (Å²) in [5.41, 5.74) is -0.0508. The van der Waals surface area contributed by atoms with Crippen LogP contribution in [-0.2, 0) is 4.79 Å². The molecular weight excluding hydrogens is 224 g/mol. The first-order chi connectivity index (χ1) is 8.60. The van der Waals surface area contributed by atoms with Gasteiger partial charge in [0.2, 0.25) is 5.91 Å². The molecule has 0 spiro atoms. The summed E-state index contributed by atoms with van der Waals surface area (Å²) in [6, 6.07) is 0.593. The van der Waals surface area contributed by atoms with Crippen molar-refractivity contribution < 1.29 is 4.79 Å². The topological polar surface area (TPSA) is 32.3 Å². The van der Waals surface area contributed by atoms with E-state index in [0.717, 1.165) is 38.8 Å². The number of likely N-dealkylation sites (tertiary alicyclic amines) is 1. The third kappa shape index (κ3) is 2.56. The fourth-order valence-corrected chi connectivity index (χ4v) is 3.76. The first kappa shape index (κ1) is 13.9. The third-order valence-electron chi connectivity index (χ3n) is 5.14. The van der Waals surface area contributed by atoms with Gasteiger partial charge in [0.15, 0.2) is 0 Å². The van der Waals surface area contributed by atoms with Crippen molar-refractivity contribution in [3.8, 4) is 0 Å². The van der Waals surface area contributed by atoms with Crippen molar-refractivity contribution in [1.29, 1.82) is 0 Å². The van der Waals surface area contributed by atoms with E-state index >= 15 is 0 Å². The van der Waals surface area contributed by atoms with E-state index in [2.05, 4.69) is 24.1 Å². The van der Waals surface area contributed by atoms with Crippen LogP contribution in [0.1, 0.15) is 52.4 Å². The highest BCUT2D eigenvalue weighted by atomic mass is 16.2. The maximum atomic E-state index is 12.7. The maximum absolute atomic E-state index is 12.7. The molecule has 2 atom stereocenters. The second-order valence-electron chi connectivity index (χ2n) is 6.37. The number of carbonyl (C=O) groups excluding carboxylic acids is 1. The molecule has 1 aliphatic heterocycles. The van der Waals surface area contributed by atoms with E-state index in [4.69, 9.17) is 0 Å². The standard InChI is InChI=1S/C15H28N2O/c1-4-12-11-17(10-7-13(12)16-3)14(18)15(2)8-5-6-9-15/h12-13,16H,4-11H2,1-3H3. The van der Waals surface area contributed by atoms with Crippen LogP contribution in [0.15, 0.2) is 0 Å². The number of hydrogen-bond donors (Lipinski definition) is 1. The van der Waals surface area contributed by atoms with Crippen LogP contribution in [0.25, 0.3) is 0 Å². The predicted octanol–water partition coefficient (Wildman–Crippen LogP) is 2.41. The van der Waals surface area contributed by atoms with Crippen LogP contribution in [0.5, 0.6) is 0 Å². The lowest BCUT2D eigenvalue weighted by Gasteiger charge is -2.41. The van der Waals surface area contributed by atoms with E-state index in [1.807, 2.05) is 7.05 Å². The fraction of sp³-hybridized carbons (Fsp3) is 0.933. The number of carbonyl (C=O) groups is 1. The van der Waals surface area contributed by atoms with Gasteiger partial charge in [-0.25, -0.2) is 0 Å². The average molecular weight is 252 g/mol. The number of amides is 1. The number of nitrogens with one attached hydrogen (secondary N) is 1. The summed E-state index contributed by atoms with van der Waals surface area (Å²) in [6.45, 7) is 6.31. The van der Waals surface area contributed by atoms with E-state index in [9.17, 15) is 4.79 Å². The average Bonchev–Trinajstić information content (AvgIpc) is 2.85. The van der Waals surface area contributed by atoms with E-state index in [-0.39, 0.29) is 5.41 Å². The minimum absolute atomic E-state index is 0.0508. The number of nitrogens with zero attached hydrogens (tertiary/aromatic N) is 1. The molecule has 0 aromatic rings. The molecule has 0 bridgehead atoms. The van der Waals surface area contributed by atoms with E-state index in [1.54, 1.807) is 0 Å². The van der Waals surface area contributed by atoms with Crippen LogP contribution in [0, 0.1) is 11.3 Å². The van der Waals surface area contributed by atoms with Crippen molar-refractivity contribution in [1.82, 2.24) is 10.2 Å². The Morgan fingerprint density at radius 3 is 2.61 bits per heavy atom. The zero-order valence-corrected chi connectivity index (χ0v) is 12.2. The van der Waals surface area contributed by atoms with Gasteiger partial charge in [-0.2, -0.15) is 0 Å². The van der Waals surface area contributed by atoms with Crippen LogP contribution in [0.4, 0.5) is 0 Å². The Kier molecular flexibility index (Phi) is 4.31. The van der Waals surface area contributed by atoms with Gasteiger partial charge in [-0.3, -0.25) is 4.79 Å². The van der Waals surface area contributed by atoms with Gasteiger partial charge in [0.25, 0.3) is 0 Å². The van der Waals surface area contributed by atoms with Gasteiger partial charge in [-0.1, -0.05) is 33.1 Å². The molecule has 1 heterocycles. The first-order valence-electron chi connectivity index (χ1n) is 7.57. The highest BCUT2D eigenvalue weighted by molar-refractivity contribution is 5.82. The molecule has 104 valence electrons. The van der Waals surface area contributed by atoms with Crippen LogP contribution < -0.4 is 5.32 Å². The molecule has 0 aromatic heterocycles. The van der Waals surface area contributed by atoms with Gasteiger partial charge in [0.05, 0.1) is 0 Å². The Bertz CT molecular complexity index is 297. The highest BCUT2D eigenvalue weighted by Gasteiger charge is 2.41. The normalized spacial score (nSPS) is 31.6. The minimum atomic E-state index is -0.0508. The Balaban J connectivity index is 2.00. The summed E-state index contributed by atoms with van der Waals surface area (Å²) in [5, 5.41) is 3.41. The van der Waals surface area contributed by atoms with Gasteiger partial charge in [-0.15, -0.1) is 0 Å². The minimum Gasteiger partial charge on any atom is -0.342 e. The zero-order valence-electron chi connectivity index (χ0n) is 12.2. The van der Waals surface area contributed by atoms with Crippen LogP contribution in [-0.4, -0.2) is 37.0 Å². The lowest BCUT2D eigenvalue weighted by Crippen LogP contribution is -2.52. The lowest BCUT2D eigenvalue weighted by molar-refractivity contribution is -0.143. The van der Waals surface area contributed by atoms with E-state index < -0.39 is 0 Å². The lowest BCUT2D eigenvalue weighted by atomic mass is 9.84. The van der Waals surface area contributed by atoms with Gasteiger partial charge in [0.1, 0.15) is 0 Å². The molecule has 2 unspecified atom stereocenters. The highest BCUT2D eigenvalue weighted by Crippen LogP contribution is 2.40. The van der Waals surface area contributed by atoms with Gasteiger partial charge in [0, 0.05) is 24.5 Å².